The normalized spacial score (nSPS) is 20.0. The van der Waals surface area contributed by atoms with Crippen LogP contribution in [0.4, 0.5) is 14.9 Å². The van der Waals surface area contributed by atoms with Gasteiger partial charge < -0.3 is 10.1 Å². The number of hydrogen-bond acceptors (Lipinski definition) is 6. The summed E-state index contributed by atoms with van der Waals surface area (Å²) in [7, 11) is 0. The molecule has 2 saturated heterocycles. The molecule has 2 aliphatic rings. The topological polar surface area (TPSA) is 70.6 Å². The molecular formula is C22H26FN5O2S. The number of thiocarbonyl (C=S) groups is 1. The van der Waals surface area contributed by atoms with Crippen molar-refractivity contribution in [2.24, 2.45) is 0 Å². The molecule has 2 fully saturated rings. The van der Waals surface area contributed by atoms with Crippen molar-refractivity contribution < 1.29 is 13.9 Å². The van der Waals surface area contributed by atoms with Crippen LogP contribution in [0.5, 0.6) is 0 Å². The van der Waals surface area contributed by atoms with Crippen molar-refractivity contribution in [2.75, 3.05) is 31.1 Å². The molecule has 3 heterocycles. The van der Waals surface area contributed by atoms with Crippen LogP contribution in [0.15, 0.2) is 36.7 Å². The third-order valence-corrected chi connectivity index (χ3v) is 5.90. The Bertz CT molecular complexity index is 937. The first-order valence-corrected chi connectivity index (χ1v) is 10.9. The van der Waals surface area contributed by atoms with Crippen LogP contribution in [0, 0.1) is 5.82 Å². The van der Waals surface area contributed by atoms with Gasteiger partial charge in [-0.1, -0.05) is 18.3 Å². The Morgan fingerprint density at radius 2 is 2.03 bits per heavy atom. The number of nitrogens with zero attached hydrogens (tertiary/aromatic N) is 4. The van der Waals surface area contributed by atoms with E-state index in [0.29, 0.717) is 35.9 Å². The largest absolute Gasteiger partial charge is 0.442 e. The van der Waals surface area contributed by atoms with E-state index in [2.05, 4.69) is 20.2 Å². The second-order valence-corrected chi connectivity index (χ2v) is 8.59. The van der Waals surface area contributed by atoms with Gasteiger partial charge in [0.05, 0.1) is 30.3 Å². The molecule has 9 heteroatoms. The van der Waals surface area contributed by atoms with E-state index in [9.17, 15) is 9.18 Å². The Kier molecular flexibility index (Phi) is 6.72. The minimum atomic E-state index is -0.461. The summed E-state index contributed by atoms with van der Waals surface area (Å²) in [5.41, 5.74) is 1.23. The molecule has 0 radical (unpaired) electrons. The minimum absolute atomic E-state index is 0.162. The van der Waals surface area contributed by atoms with Crippen LogP contribution in [-0.4, -0.2) is 58.2 Å². The van der Waals surface area contributed by atoms with Crippen LogP contribution >= 0.6 is 12.2 Å². The van der Waals surface area contributed by atoms with Crippen molar-refractivity contribution in [3.05, 3.63) is 53.9 Å². The first-order valence-electron chi connectivity index (χ1n) is 10.5. The second kappa shape index (κ2) is 9.65. The molecule has 0 bridgehead atoms. The molecule has 0 saturated carbocycles. The van der Waals surface area contributed by atoms with E-state index in [1.165, 1.54) is 11.0 Å². The molecule has 7 nitrogen and oxygen atoms in total. The number of rotatable bonds is 6. The van der Waals surface area contributed by atoms with Gasteiger partial charge in [0.2, 0.25) is 0 Å². The van der Waals surface area contributed by atoms with E-state index in [0.717, 1.165) is 31.8 Å². The van der Waals surface area contributed by atoms with Gasteiger partial charge in [0, 0.05) is 12.4 Å². The van der Waals surface area contributed by atoms with Crippen LogP contribution in [-0.2, 0) is 11.3 Å². The molecule has 1 aromatic heterocycles. The Morgan fingerprint density at radius 3 is 2.71 bits per heavy atom. The zero-order valence-corrected chi connectivity index (χ0v) is 18.3. The lowest BCUT2D eigenvalue weighted by Gasteiger charge is -2.32. The van der Waals surface area contributed by atoms with E-state index in [1.54, 1.807) is 19.3 Å². The van der Waals surface area contributed by atoms with Crippen LogP contribution in [0.3, 0.4) is 0 Å². The summed E-state index contributed by atoms with van der Waals surface area (Å²) in [6, 6.07) is 6.87. The summed E-state index contributed by atoms with van der Waals surface area (Å²) in [5, 5.41) is 3.00. The quantitative estimate of drug-likeness (QED) is 0.687. The Hall–Kier alpha value is -2.65. The summed E-state index contributed by atoms with van der Waals surface area (Å²) < 4.78 is 20.3. The molecule has 164 valence electrons. The van der Waals surface area contributed by atoms with E-state index >= 15 is 0 Å². The average molecular weight is 444 g/mol. The number of halogens is 1. The zero-order chi connectivity index (χ0) is 21.8. The summed E-state index contributed by atoms with van der Waals surface area (Å²) in [4.78, 5) is 25.2. The number of anilines is 1. The molecule has 0 aliphatic carbocycles. The predicted molar refractivity (Wildman–Crippen MR) is 120 cm³/mol. The number of nitrogens with one attached hydrogen (secondary N) is 1. The lowest BCUT2D eigenvalue weighted by molar-refractivity contribution is 0.143. The van der Waals surface area contributed by atoms with Crippen LogP contribution < -0.4 is 10.2 Å². The first-order chi connectivity index (χ1) is 15.0. The fourth-order valence-electron chi connectivity index (χ4n) is 4.12. The lowest BCUT2D eigenvalue weighted by atomic mass is 9.89. The van der Waals surface area contributed by atoms with Crippen molar-refractivity contribution in [2.45, 2.75) is 38.3 Å². The molecule has 1 unspecified atom stereocenters. The average Bonchev–Trinajstić information content (AvgIpc) is 3.14. The van der Waals surface area contributed by atoms with Gasteiger partial charge in [-0.3, -0.25) is 9.80 Å². The number of benzene rings is 1. The molecule has 1 amide bonds. The molecule has 31 heavy (non-hydrogen) atoms. The number of carbonyl (C=O) groups is 1. The van der Waals surface area contributed by atoms with E-state index in [-0.39, 0.29) is 17.8 Å². The number of carbonyl (C=O) groups excluding carboxylic acids is 1. The smallest absolute Gasteiger partial charge is 0.414 e. The summed E-state index contributed by atoms with van der Waals surface area (Å²) >= 11 is 4.99. The zero-order valence-electron chi connectivity index (χ0n) is 17.5. The summed E-state index contributed by atoms with van der Waals surface area (Å²) in [6.07, 6.45) is 4.47. The highest BCUT2D eigenvalue weighted by Crippen LogP contribution is 2.33. The van der Waals surface area contributed by atoms with Gasteiger partial charge in [-0.2, -0.15) is 0 Å². The second-order valence-electron chi connectivity index (χ2n) is 7.97. The van der Waals surface area contributed by atoms with Crippen molar-refractivity contribution >= 4 is 29.0 Å². The molecule has 4 rings (SSSR count). The third kappa shape index (κ3) is 5.34. The predicted octanol–water partition coefficient (Wildman–Crippen LogP) is 3.26. The summed E-state index contributed by atoms with van der Waals surface area (Å²) in [6.45, 7) is 5.05. The summed E-state index contributed by atoms with van der Waals surface area (Å²) in [5.74, 6) is 0.699. The Morgan fingerprint density at radius 1 is 1.29 bits per heavy atom. The van der Waals surface area contributed by atoms with Gasteiger partial charge >= 0.3 is 6.09 Å². The van der Waals surface area contributed by atoms with Crippen molar-refractivity contribution in [3.8, 4) is 0 Å². The van der Waals surface area contributed by atoms with Gasteiger partial charge in [0.25, 0.3) is 0 Å². The minimum Gasteiger partial charge on any atom is -0.442 e. The van der Waals surface area contributed by atoms with E-state index in [1.807, 2.05) is 18.2 Å². The van der Waals surface area contributed by atoms with Gasteiger partial charge in [0.15, 0.2) is 0 Å². The fraction of sp³-hybridized carbons (Fsp3) is 0.455. The number of amides is 1. The third-order valence-electron chi connectivity index (χ3n) is 5.76. The number of likely N-dealkylation sites (tertiary alicyclic amines) is 1. The van der Waals surface area contributed by atoms with Crippen molar-refractivity contribution in [1.82, 2.24) is 20.2 Å². The van der Waals surface area contributed by atoms with Gasteiger partial charge in [0.1, 0.15) is 17.7 Å². The maximum atomic E-state index is 15.0. The molecular weight excluding hydrogens is 417 g/mol. The standard InChI is InChI=1S/C22H26FN5O2S/c1-15(31)26-12-18-13-28(22(29)30-18)17-3-4-19(20(23)11-17)16-5-9-27(10-6-16)14-21-24-7-2-8-25-21/h2-4,7-8,11,16,18H,5-6,9-10,12-14H2,1H3,(H,26,31). The lowest BCUT2D eigenvalue weighted by Crippen LogP contribution is -2.33. The van der Waals surface area contributed by atoms with Crippen molar-refractivity contribution in [1.29, 1.82) is 0 Å². The van der Waals surface area contributed by atoms with Gasteiger partial charge in [-0.15, -0.1) is 0 Å². The Balaban J connectivity index is 1.35. The highest BCUT2D eigenvalue weighted by molar-refractivity contribution is 7.80. The van der Waals surface area contributed by atoms with E-state index < -0.39 is 6.09 Å². The highest BCUT2D eigenvalue weighted by Gasteiger charge is 2.33. The SMILES string of the molecule is CC(=S)NCC1CN(c2ccc(C3CCN(Cc4ncccn4)CC3)c(F)c2)C(=O)O1. The molecule has 2 aliphatic heterocycles. The van der Waals surface area contributed by atoms with Gasteiger partial charge in [-0.05, 0) is 62.5 Å². The fourth-order valence-corrected chi connectivity index (χ4v) is 4.21. The maximum Gasteiger partial charge on any atom is 0.414 e. The molecule has 0 spiro atoms. The van der Waals surface area contributed by atoms with Crippen molar-refractivity contribution in [3.63, 3.8) is 0 Å². The number of aromatic nitrogens is 2. The molecule has 1 atom stereocenters. The van der Waals surface area contributed by atoms with Crippen LogP contribution in [0.25, 0.3) is 0 Å². The number of ether oxygens (including phenoxy) is 1. The number of cyclic esters (lactones) is 1. The van der Waals surface area contributed by atoms with E-state index in [4.69, 9.17) is 17.0 Å². The molecule has 1 N–H and O–H groups in total. The van der Waals surface area contributed by atoms with Gasteiger partial charge in [-0.25, -0.2) is 19.2 Å². The molecule has 1 aromatic carbocycles. The highest BCUT2D eigenvalue weighted by atomic mass is 32.1. The molecule has 2 aromatic rings. The first kappa shape index (κ1) is 21.6. The monoisotopic (exact) mass is 443 g/mol. The Labute approximate surface area is 186 Å². The number of piperidine rings is 1. The number of hydrogen-bond donors (Lipinski definition) is 1. The maximum absolute atomic E-state index is 15.0. The van der Waals surface area contributed by atoms with Crippen LogP contribution in [0.1, 0.15) is 37.1 Å². The van der Waals surface area contributed by atoms with Crippen LogP contribution in [0.2, 0.25) is 0 Å².